The van der Waals surface area contributed by atoms with Gasteiger partial charge in [0.05, 0.1) is 30.2 Å². The molecule has 0 spiro atoms. The number of anilines is 2. The second-order valence-corrected chi connectivity index (χ2v) is 9.16. The Morgan fingerprint density at radius 3 is 2.35 bits per heavy atom. The molecule has 0 aliphatic rings. The normalized spacial score (nSPS) is 11.8. The third-order valence-electron chi connectivity index (χ3n) is 5.02. The van der Waals surface area contributed by atoms with Crippen molar-refractivity contribution in [3.05, 3.63) is 83.9 Å². The van der Waals surface area contributed by atoms with Gasteiger partial charge < -0.3 is 21.1 Å². The van der Waals surface area contributed by atoms with Crippen LogP contribution in [0.5, 0.6) is 5.75 Å². The molecule has 1 unspecified atom stereocenters. The first-order chi connectivity index (χ1) is 16.2. The minimum atomic E-state index is -3.97. The maximum Gasteiger partial charge on any atom is 0.312 e. The molecule has 0 fully saturated rings. The summed E-state index contributed by atoms with van der Waals surface area (Å²) in [6.45, 7) is 1.66. The van der Waals surface area contributed by atoms with E-state index < -0.39 is 28.0 Å². The van der Waals surface area contributed by atoms with Gasteiger partial charge in [-0.15, -0.1) is 0 Å². The van der Waals surface area contributed by atoms with E-state index in [-0.39, 0.29) is 11.3 Å². The Labute approximate surface area is 198 Å². The fourth-order valence-corrected chi connectivity index (χ4v) is 4.74. The maximum atomic E-state index is 13.1. The minimum Gasteiger partial charge on any atom is -0.495 e. The van der Waals surface area contributed by atoms with E-state index in [0.29, 0.717) is 28.3 Å². The molecule has 0 bridgehead atoms. The Kier molecular flexibility index (Phi) is 7.75. The van der Waals surface area contributed by atoms with Gasteiger partial charge in [-0.3, -0.25) is 9.52 Å². The van der Waals surface area contributed by atoms with Crippen molar-refractivity contribution < 1.29 is 22.7 Å². The molecule has 3 aromatic carbocycles. The molecule has 34 heavy (non-hydrogen) atoms. The largest absolute Gasteiger partial charge is 0.495 e. The zero-order chi connectivity index (χ0) is 24.7. The summed E-state index contributed by atoms with van der Waals surface area (Å²) >= 11 is 0. The second-order valence-electron chi connectivity index (χ2n) is 7.51. The molecule has 0 saturated carbocycles. The molecular weight excluding hydrogens is 456 g/mol. The lowest BCUT2D eigenvalue weighted by atomic mass is 10.0. The standard InChI is InChI=1S/C24H26N4O5S/c1-16-12-13-18(14-22(16)34(31,32)28-19-10-6-7-11-21(19)33-2)26-23(29)15-20(27-24(25)30)17-8-4-3-5-9-17/h3-14,20,28H,15H2,1-2H3,(H,26,29)(H3,25,27,30). The molecule has 5 N–H and O–H groups in total. The summed E-state index contributed by atoms with van der Waals surface area (Å²) in [4.78, 5) is 24.1. The van der Waals surface area contributed by atoms with Crippen LogP contribution in [0.25, 0.3) is 0 Å². The number of carbonyl (C=O) groups is 2. The first-order valence-electron chi connectivity index (χ1n) is 10.4. The molecule has 10 heteroatoms. The molecule has 0 aliphatic heterocycles. The molecule has 3 aromatic rings. The number of sulfonamides is 1. The number of nitrogens with one attached hydrogen (secondary N) is 3. The predicted octanol–water partition coefficient (Wildman–Crippen LogP) is 3.54. The summed E-state index contributed by atoms with van der Waals surface area (Å²) in [6.07, 6.45) is -0.0949. The maximum absolute atomic E-state index is 13.1. The van der Waals surface area contributed by atoms with Crippen LogP contribution < -0.4 is 25.8 Å². The number of methoxy groups -OCH3 is 1. The SMILES string of the molecule is COc1ccccc1NS(=O)(=O)c1cc(NC(=O)CC(NC(N)=O)c2ccccc2)ccc1C. The van der Waals surface area contributed by atoms with Crippen molar-refractivity contribution in [2.24, 2.45) is 5.73 Å². The number of benzene rings is 3. The summed E-state index contributed by atoms with van der Waals surface area (Å²) in [5.41, 5.74) is 7.06. The van der Waals surface area contributed by atoms with E-state index in [9.17, 15) is 18.0 Å². The molecule has 0 aliphatic carbocycles. The second kappa shape index (κ2) is 10.7. The van der Waals surface area contributed by atoms with Crippen molar-refractivity contribution in [2.75, 3.05) is 17.1 Å². The lowest BCUT2D eigenvalue weighted by molar-refractivity contribution is -0.116. The highest BCUT2D eigenvalue weighted by Gasteiger charge is 2.21. The Bertz CT molecular complexity index is 1280. The van der Waals surface area contributed by atoms with Crippen molar-refractivity contribution in [2.45, 2.75) is 24.3 Å². The van der Waals surface area contributed by atoms with Gasteiger partial charge in [0.25, 0.3) is 10.0 Å². The van der Waals surface area contributed by atoms with Crippen LogP contribution in [0.3, 0.4) is 0 Å². The van der Waals surface area contributed by atoms with Crippen LogP contribution in [0, 0.1) is 6.92 Å². The van der Waals surface area contributed by atoms with Gasteiger partial charge in [0, 0.05) is 5.69 Å². The Hall–Kier alpha value is -4.05. The summed E-state index contributed by atoms with van der Waals surface area (Å²) < 4.78 is 33.9. The zero-order valence-electron chi connectivity index (χ0n) is 18.7. The highest BCUT2D eigenvalue weighted by atomic mass is 32.2. The van der Waals surface area contributed by atoms with E-state index in [1.54, 1.807) is 67.6 Å². The Balaban J connectivity index is 1.80. The third-order valence-corrected chi connectivity index (χ3v) is 6.53. The van der Waals surface area contributed by atoms with Gasteiger partial charge >= 0.3 is 6.03 Å². The molecule has 9 nitrogen and oxygen atoms in total. The summed E-state index contributed by atoms with van der Waals surface area (Å²) in [6, 6.07) is 18.8. The number of rotatable bonds is 9. The van der Waals surface area contributed by atoms with E-state index >= 15 is 0 Å². The fraction of sp³-hybridized carbons (Fsp3) is 0.167. The highest BCUT2D eigenvalue weighted by Crippen LogP contribution is 2.28. The van der Waals surface area contributed by atoms with Crippen molar-refractivity contribution >= 4 is 33.3 Å². The highest BCUT2D eigenvalue weighted by molar-refractivity contribution is 7.92. The Morgan fingerprint density at radius 2 is 1.68 bits per heavy atom. The number of nitrogens with two attached hydrogens (primary N) is 1. The van der Waals surface area contributed by atoms with Gasteiger partial charge in [0.15, 0.2) is 0 Å². The van der Waals surface area contributed by atoms with Gasteiger partial charge in [-0.1, -0.05) is 48.5 Å². The molecule has 3 rings (SSSR count). The van der Waals surface area contributed by atoms with Gasteiger partial charge in [0.1, 0.15) is 5.75 Å². The number of urea groups is 1. The molecule has 0 radical (unpaired) electrons. The smallest absolute Gasteiger partial charge is 0.312 e. The molecule has 178 valence electrons. The summed E-state index contributed by atoms with van der Waals surface area (Å²) in [7, 11) is -2.52. The van der Waals surface area contributed by atoms with Crippen LogP contribution >= 0.6 is 0 Å². The number of hydrogen-bond donors (Lipinski definition) is 4. The van der Waals surface area contributed by atoms with E-state index in [0.717, 1.165) is 0 Å². The van der Waals surface area contributed by atoms with Crippen LogP contribution in [0.1, 0.15) is 23.6 Å². The van der Waals surface area contributed by atoms with Gasteiger partial charge in [-0.05, 0) is 42.3 Å². The lowest BCUT2D eigenvalue weighted by Crippen LogP contribution is -2.35. The quantitative estimate of drug-likeness (QED) is 0.369. The minimum absolute atomic E-state index is 0.00563. The van der Waals surface area contributed by atoms with Crippen LogP contribution in [0.15, 0.2) is 77.7 Å². The van der Waals surface area contributed by atoms with Gasteiger partial charge in [-0.2, -0.15) is 0 Å². The number of carbonyl (C=O) groups excluding carboxylic acids is 2. The summed E-state index contributed by atoms with van der Waals surface area (Å²) in [5.74, 6) is -0.0467. The molecular formula is C24H26N4O5S. The molecule has 0 saturated heterocycles. The molecule has 0 heterocycles. The van der Waals surface area contributed by atoms with Crippen molar-refractivity contribution in [1.82, 2.24) is 5.32 Å². The molecule has 1 atom stereocenters. The Morgan fingerprint density at radius 1 is 1.00 bits per heavy atom. The van der Waals surface area contributed by atoms with Crippen LogP contribution in [-0.4, -0.2) is 27.5 Å². The summed E-state index contributed by atoms with van der Waals surface area (Å²) in [5, 5.41) is 5.25. The number of amides is 3. The van der Waals surface area contributed by atoms with Crippen LogP contribution in [0.2, 0.25) is 0 Å². The van der Waals surface area contributed by atoms with Gasteiger partial charge in [0.2, 0.25) is 5.91 Å². The monoisotopic (exact) mass is 482 g/mol. The topological polar surface area (TPSA) is 140 Å². The van der Waals surface area contributed by atoms with Crippen molar-refractivity contribution in [3.63, 3.8) is 0 Å². The van der Waals surface area contributed by atoms with Crippen molar-refractivity contribution in [1.29, 1.82) is 0 Å². The molecule has 0 aromatic heterocycles. The number of ether oxygens (including phenoxy) is 1. The zero-order valence-corrected chi connectivity index (χ0v) is 19.6. The first-order valence-corrected chi connectivity index (χ1v) is 11.8. The average Bonchev–Trinajstić information content (AvgIpc) is 2.80. The van der Waals surface area contributed by atoms with Gasteiger partial charge in [-0.25, -0.2) is 13.2 Å². The number of aryl methyl sites for hydroxylation is 1. The fourth-order valence-electron chi connectivity index (χ4n) is 3.40. The number of hydrogen-bond acceptors (Lipinski definition) is 5. The lowest BCUT2D eigenvalue weighted by Gasteiger charge is -2.18. The van der Waals surface area contributed by atoms with Crippen LogP contribution in [-0.2, 0) is 14.8 Å². The van der Waals surface area contributed by atoms with Crippen molar-refractivity contribution in [3.8, 4) is 5.75 Å². The third kappa shape index (κ3) is 6.26. The first kappa shape index (κ1) is 24.6. The number of primary amides is 1. The van der Waals surface area contributed by atoms with E-state index in [2.05, 4.69) is 15.4 Å². The number of para-hydroxylation sites is 2. The van der Waals surface area contributed by atoms with E-state index in [1.165, 1.54) is 13.2 Å². The van der Waals surface area contributed by atoms with E-state index in [1.807, 2.05) is 6.07 Å². The van der Waals surface area contributed by atoms with E-state index in [4.69, 9.17) is 10.5 Å². The molecule has 3 amide bonds. The average molecular weight is 483 g/mol. The predicted molar refractivity (Wildman–Crippen MR) is 130 cm³/mol. The van der Waals surface area contributed by atoms with Crippen LogP contribution in [0.4, 0.5) is 16.2 Å².